The van der Waals surface area contributed by atoms with Crippen LogP contribution in [0.25, 0.3) is 0 Å². The van der Waals surface area contributed by atoms with Gasteiger partial charge < -0.3 is 46.8 Å². The molecule has 0 amide bonds. The van der Waals surface area contributed by atoms with Gasteiger partial charge in [0, 0.05) is 25.7 Å². The van der Waals surface area contributed by atoms with Crippen LogP contribution in [0.4, 0.5) is 0 Å². The second-order valence-electron chi connectivity index (χ2n) is 30.7. The molecule has 0 aliphatic carbocycles. The molecule has 6 fully saturated rings. The number of aliphatic hydroxyl groups excluding tert-OH is 1. The summed E-state index contributed by atoms with van der Waals surface area (Å²) in [5.74, 6) is 0.676. The molecule has 14 heteroatoms. The molecule has 0 aromatic rings. The largest absolute Gasteiger partial charge is 0.408 e. The summed E-state index contributed by atoms with van der Waals surface area (Å²) in [6, 6.07) is 0. The molecule has 0 aromatic heterocycles. The average Bonchev–Trinajstić information content (AvgIpc) is 3.95. The van der Waals surface area contributed by atoms with Crippen molar-refractivity contribution >= 4 is 30.7 Å². The molecule has 0 spiro atoms. The Morgan fingerprint density at radius 3 is 1.83 bits per heavy atom. The summed E-state index contributed by atoms with van der Waals surface area (Å²) < 4.78 is 65.4. The fourth-order valence-electron chi connectivity index (χ4n) is 12.7. The van der Waals surface area contributed by atoms with Gasteiger partial charge in [0.15, 0.2) is 25.0 Å². The second-order valence-corrected chi connectivity index (χ2v) is 45.0. The maximum Gasteiger partial charge on any atom is 0.193 e. The summed E-state index contributed by atoms with van der Waals surface area (Å²) in [7, 11) is -7.45. The summed E-state index contributed by atoms with van der Waals surface area (Å²) in [6.45, 7) is 52.6. The van der Waals surface area contributed by atoms with E-state index in [0.717, 1.165) is 68.9 Å². The molecule has 442 valence electrons. The Labute approximate surface area is 472 Å². The van der Waals surface area contributed by atoms with Crippen LogP contribution in [0, 0.1) is 17.8 Å². The third kappa shape index (κ3) is 15.5. The zero-order chi connectivity index (χ0) is 57.0. The number of aliphatic hydroxyl groups is 1. The molecule has 9 heterocycles. The van der Waals surface area contributed by atoms with Crippen molar-refractivity contribution in [3.63, 3.8) is 0 Å². The first-order valence-corrected chi connectivity index (χ1v) is 39.4. The fourth-order valence-corrected chi connectivity index (χ4v) is 16.6. The number of carbonyl (C=O) groups is 1. The standard InChI is InChI=1S/C63H112O11Si3/c1-39-33-46-27-29-50-40(2)34-45(66-50)26-25-43(64)23-22-24-52(72-75(16,17)60(5,6)7)57-59(74-77(20,21)62(11,12)13)58(73-76(18,19)61(8,9)10)56-51(70-57)30-28-47(68-56)35-44(65)36-49-42(4)53(37-48-31-32-63(14,15)71-48)69-55(49)38-54(67-46)41(39)3/h22,24,39,42-43,45-59,64H,2-3,23,25-38H2,1,4-21H3/b24-22+/t39-,42-,43?,45+,46+,47-,48-,49-,50?,51+,52+,53?,54?,55+,56+,57+,58+,59-/m1/s1. The van der Waals surface area contributed by atoms with Crippen molar-refractivity contribution in [3.05, 3.63) is 36.5 Å². The number of carbonyl (C=O) groups excluding carboxylic acids is 1. The van der Waals surface area contributed by atoms with Crippen LogP contribution >= 0.6 is 0 Å². The van der Waals surface area contributed by atoms with E-state index < -0.39 is 61.6 Å². The Bertz CT molecular complexity index is 2050. The Kier molecular flexibility index (Phi) is 20.2. The lowest BCUT2D eigenvalue weighted by Gasteiger charge is -2.56. The van der Waals surface area contributed by atoms with Gasteiger partial charge in [-0.15, -0.1) is 0 Å². The molecular weight excluding hydrogens is 1020 g/mol. The van der Waals surface area contributed by atoms with E-state index in [-0.39, 0.29) is 93.3 Å². The minimum atomic E-state index is -2.52. The Balaban J connectivity index is 1.26. The van der Waals surface area contributed by atoms with Crippen molar-refractivity contribution < 1.29 is 51.6 Å². The minimum Gasteiger partial charge on any atom is -0.408 e. The molecule has 77 heavy (non-hydrogen) atoms. The van der Waals surface area contributed by atoms with Crippen molar-refractivity contribution in [1.29, 1.82) is 0 Å². The maximum atomic E-state index is 14.9. The topological polar surface area (TPSA) is 120 Å². The molecule has 6 saturated heterocycles. The smallest absolute Gasteiger partial charge is 0.193 e. The van der Waals surface area contributed by atoms with Crippen LogP contribution in [0.15, 0.2) is 36.5 Å². The summed E-state index contributed by atoms with van der Waals surface area (Å²) in [4.78, 5) is 14.9. The Morgan fingerprint density at radius 2 is 1.22 bits per heavy atom. The Morgan fingerprint density at radius 1 is 0.649 bits per heavy atom. The normalized spacial score (nSPS) is 40.2. The number of hydrogen-bond donors (Lipinski definition) is 1. The van der Waals surface area contributed by atoms with Crippen molar-refractivity contribution in [2.45, 2.75) is 338 Å². The van der Waals surface area contributed by atoms with Gasteiger partial charge in [-0.3, -0.25) is 4.79 Å². The van der Waals surface area contributed by atoms with Crippen LogP contribution in [-0.4, -0.2) is 133 Å². The van der Waals surface area contributed by atoms with Crippen LogP contribution in [0.1, 0.15) is 186 Å². The number of rotatable bonds is 8. The highest BCUT2D eigenvalue weighted by Crippen LogP contribution is 2.49. The lowest BCUT2D eigenvalue weighted by molar-refractivity contribution is -0.266. The molecule has 0 saturated carbocycles. The van der Waals surface area contributed by atoms with Gasteiger partial charge in [0.05, 0.1) is 72.7 Å². The van der Waals surface area contributed by atoms with Gasteiger partial charge in [-0.1, -0.05) is 101 Å². The SMILES string of the molecule is C=C1C[C@@H]2CCC(O)C/C=C/[C@H](O[Si](C)(C)C(C)(C)C)[C@@H]3O[C@H]4CC[C@H](CC(=O)C[C@H]5[C@H](CC6O[C@@H](CCC1O2)C[C@@H](C)C6=C)OC(C[C@H]1CCC(C)(C)O1)[C@@H]5C)O[C@@H]4[C@H](O[Si](C)(C)C(C)(C)C)[C@@H]3O[Si](C)(C)C(C)(C)C. The summed E-state index contributed by atoms with van der Waals surface area (Å²) in [5.41, 5.74) is 2.12. The van der Waals surface area contributed by atoms with E-state index in [1.165, 1.54) is 0 Å². The van der Waals surface area contributed by atoms with Gasteiger partial charge in [0.1, 0.15) is 30.2 Å². The molecule has 1 N–H and O–H groups in total. The van der Waals surface area contributed by atoms with E-state index in [0.29, 0.717) is 44.4 Å². The lowest BCUT2D eigenvalue weighted by Crippen LogP contribution is -2.69. The summed E-state index contributed by atoms with van der Waals surface area (Å²) >= 11 is 0. The molecule has 9 rings (SSSR count). The van der Waals surface area contributed by atoms with Crippen LogP contribution in [0.3, 0.4) is 0 Å². The summed E-state index contributed by atoms with van der Waals surface area (Å²) in [6.07, 6.45) is 11.5. The van der Waals surface area contributed by atoms with Gasteiger partial charge in [0.25, 0.3) is 0 Å². The zero-order valence-electron chi connectivity index (χ0n) is 52.1. The van der Waals surface area contributed by atoms with Crippen molar-refractivity contribution in [2.24, 2.45) is 17.8 Å². The lowest BCUT2D eigenvalue weighted by atomic mass is 9.78. The molecule has 18 atom stereocenters. The number of ketones is 1. The van der Waals surface area contributed by atoms with Crippen LogP contribution in [-0.2, 0) is 46.5 Å². The van der Waals surface area contributed by atoms with E-state index in [2.05, 4.69) is 155 Å². The molecule has 4 unspecified atom stereocenters. The highest BCUT2D eigenvalue weighted by molar-refractivity contribution is 6.75. The first-order valence-electron chi connectivity index (χ1n) is 30.7. The van der Waals surface area contributed by atoms with Crippen molar-refractivity contribution in [3.8, 4) is 0 Å². The average molecular weight is 1130 g/mol. The molecule has 0 aromatic carbocycles. The molecular formula is C63H112O11Si3. The van der Waals surface area contributed by atoms with Gasteiger partial charge in [0.2, 0.25) is 0 Å². The first-order chi connectivity index (χ1) is 35.4. The predicted octanol–water partition coefficient (Wildman–Crippen LogP) is 14.5. The third-order valence-electron chi connectivity index (χ3n) is 21.0. The number of Topliss-reactive ketones (excluding diaryl/α,β-unsaturated/α-hetero) is 1. The first kappa shape index (κ1) is 63.7. The Hall–Kier alpha value is -0.859. The highest BCUT2D eigenvalue weighted by Gasteiger charge is 2.58. The quantitative estimate of drug-likeness (QED) is 0.185. The molecule has 11 nitrogen and oxygen atoms in total. The number of fused-ring (bicyclic) bond motifs is 2. The fraction of sp³-hybridized carbons (Fsp3) is 0.889. The zero-order valence-corrected chi connectivity index (χ0v) is 55.1. The predicted molar refractivity (Wildman–Crippen MR) is 318 cm³/mol. The van der Waals surface area contributed by atoms with E-state index in [1.54, 1.807) is 0 Å². The highest BCUT2D eigenvalue weighted by atomic mass is 28.4. The van der Waals surface area contributed by atoms with Gasteiger partial charge in [-0.2, -0.15) is 0 Å². The van der Waals surface area contributed by atoms with Crippen molar-refractivity contribution in [2.75, 3.05) is 0 Å². The minimum absolute atomic E-state index is 0.0142. The van der Waals surface area contributed by atoms with Crippen LogP contribution in [0.2, 0.25) is 54.4 Å². The number of ether oxygens (including phenoxy) is 6. The number of hydrogen-bond acceptors (Lipinski definition) is 11. The van der Waals surface area contributed by atoms with Gasteiger partial charge >= 0.3 is 0 Å². The van der Waals surface area contributed by atoms with E-state index in [9.17, 15) is 9.90 Å². The molecule has 9 aliphatic heterocycles. The van der Waals surface area contributed by atoms with E-state index >= 15 is 0 Å². The maximum absolute atomic E-state index is 14.9. The van der Waals surface area contributed by atoms with Crippen molar-refractivity contribution in [1.82, 2.24) is 0 Å². The van der Waals surface area contributed by atoms with E-state index in [4.69, 9.17) is 41.7 Å². The van der Waals surface area contributed by atoms with Crippen LogP contribution in [0.5, 0.6) is 0 Å². The third-order valence-corrected chi connectivity index (χ3v) is 34.4. The van der Waals surface area contributed by atoms with Gasteiger partial charge in [-0.05, 0) is 168 Å². The molecule has 8 bridgehead atoms. The monoisotopic (exact) mass is 1130 g/mol. The molecule has 0 radical (unpaired) electrons. The molecule has 9 aliphatic rings. The van der Waals surface area contributed by atoms with Gasteiger partial charge in [-0.25, -0.2) is 0 Å². The van der Waals surface area contributed by atoms with E-state index in [1.807, 2.05) is 0 Å². The second kappa shape index (κ2) is 24.4. The summed E-state index contributed by atoms with van der Waals surface area (Å²) in [5, 5.41) is 11.4. The van der Waals surface area contributed by atoms with Crippen LogP contribution < -0.4 is 0 Å².